The van der Waals surface area contributed by atoms with Crippen molar-refractivity contribution in [2.75, 3.05) is 4.90 Å². The van der Waals surface area contributed by atoms with Crippen LogP contribution >= 0.6 is 0 Å². The van der Waals surface area contributed by atoms with Crippen molar-refractivity contribution in [2.45, 2.75) is 5.41 Å². The summed E-state index contributed by atoms with van der Waals surface area (Å²) in [6, 6.07) is 90.1. The summed E-state index contributed by atoms with van der Waals surface area (Å²) >= 11 is 0. The molecular weight excluding hydrogens is 785 g/mol. The Labute approximate surface area is 377 Å². The third kappa shape index (κ3) is 5.05. The van der Waals surface area contributed by atoms with Crippen LogP contribution in [0, 0.1) is 0 Å². The molecule has 302 valence electrons. The predicted octanol–water partition coefficient (Wildman–Crippen LogP) is 16.6. The number of benzene rings is 11. The fourth-order valence-electron chi connectivity index (χ4n) is 11.7. The van der Waals surface area contributed by atoms with Crippen LogP contribution in [-0.2, 0) is 5.41 Å². The first-order chi connectivity index (χ1) is 32.3. The molecule has 0 bridgehead atoms. The van der Waals surface area contributed by atoms with Crippen LogP contribution in [0.2, 0.25) is 0 Å². The molecular formula is C63H40N2. The van der Waals surface area contributed by atoms with Crippen LogP contribution in [0.25, 0.3) is 82.4 Å². The molecule has 0 aliphatic heterocycles. The van der Waals surface area contributed by atoms with Gasteiger partial charge in [-0.3, -0.25) is 0 Å². The van der Waals surface area contributed by atoms with Crippen LogP contribution in [0.5, 0.6) is 0 Å². The van der Waals surface area contributed by atoms with E-state index in [1.54, 1.807) is 0 Å². The minimum atomic E-state index is -0.443. The second-order valence-electron chi connectivity index (χ2n) is 17.6. The zero-order valence-corrected chi connectivity index (χ0v) is 35.5. The number of anilines is 3. The van der Waals surface area contributed by atoms with Crippen molar-refractivity contribution in [3.05, 3.63) is 265 Å². The van der Waals surface area contributed by atoms with Gasteiger partial charge in [0.1, 0.15) is 0 Å². The van der Waals surface area contributed by atoms with Gasteiger partial charge in [-0.2, -0.15) is 0 Å². The van der Waals surface area contributed by atoms with Crippen LogP contribution in [0.3, 0.4) is 0 Å². The lowest BCUT2D eigenvalue weighted by atomic mass is 9.70. The molecule has 0 saturated heterocycles. The van der Waals surface area contributed by atoms with Gasteiger partial charge in [0.05, 0.1) is 22.1 Å². The first kappa shape index (κ1) is 36.1. The first-order valence-corrected chi connectivity index (χ1v) is 22.6. The van der Waals surface area contributed by atoms with Gasteiger partial charge in [0, 0.05) is 33.2 Å². The fraction of sp³-hybridized carbons (Fsp3) is 0.0159. The normalized spacial score (nSPS) is 13.0. The maximum Gasteiger partial charge on any atom is 0.0726 e. The Balaban J connectivity index is 0.948. The summed E-state index contributed by atoms with van der Waals surface area (Å²) < 4.78 is 2.38. The minimum Gasteiger partial charge on any atom is -0.310 e. The van der Waals surface area contributed by atoms with Gasteiger partial charge < -0.3 is 9.47 Å². The van der Waals surface area contributed by atoms with E-state index in [0.29, 0.717) is 0 Å². The molecule has 0 amide bonds. The van der Waals surface area contributed by atoms with Crippen LogP contribution in [-0.4, -0.2) is 4.57 Å². The predicted molar refractivity (Wildman–Crippen MR) is 272 cm³/mol. The molecule has 0 atom stereocenters. The summed E-state index contributed by atoms with van der Waals surface area (Å²) in [4.78, 5) is 2.49. The third-order valence-corrected chi connectivity index (χ3v) is 14.4. The van der Waals surface area contributed by atoms with Crippen LogP contribution < -0.4 is 4.90 Å². The van der Waals surface area contributed by atoms with E-state index in [4.69, 9.17) is 0 Å². The smallest absolute Gasteiger partial charge is 0.0726 e. The Kier molecular flexibility index (Phi) is 7.64. The highest BCUT2D eigenvalue weighted by atomic mass is 15.1. The summed E-state index contributed by atoms with van der Waals surface area (Å²) in [5.74, 6) is 0. The van der Waals surface area contributed by atoms with Crippen LogP contribution in [0.4, 0.5) is 17.1 Å². The van der Waals surface area contributed by atoms with E-state index in [1.165, 1.54) is 99.0 Å². The molecule has 0 radical (unpaired) electrons. The molecule has 0 N–H and O–H groups in total. The summed E-state index contributed by atoms with van der Waals surface area (Å²) in [7, 11) is 0. The van der Waals surface area contributed by atoms with E-state index in [9.17, 15) is 0 Å². The summed E-state index contributed by atoms with van der Waals surface area (Å²) in [6.07, 6.45) is 0. The van der Waals surface area contributed by atoms with E-state index in [-0.39, 0.29) is 0 Å². The van der Waals surface area contributed by atoms with Crippen molar-refractivity contribution in [1.29, 1.82) is 0 Å². The van der Waals surface area contributed by atoms with Gasteiger partial charge >= 0.3 is 0 Å². The number of hydrogen-bond donors (Lipinski definition) is 0. The number of para-hydroxylation sites is 2. The monoisotopic (exact) mass is 824 g/mol. The zero-order valence-electron chi connectivity index (χ0n) is 35.5. The van der Waals surface area contributed by atoms with Gasteiger partial charge in [-0.25, -0.2) is 0 Å². The van der Waals surface area contributed by atoms with Crippen LogP contribution in [0.15, 0.2) is 243 Å². The summed E-state index contributed by atoms with van der Waals surface area (Å²) in [6.45, 7) is 0. The quantitative estimate of drug-likeness (QED) is 0.157. The van der Waals surface area contributed by atoms with Crippen LogP contribution in [0.1, 0.15) is 22.3 Å². The van der Waals surface area contributed by atoms with Crippen molar-refractivity contribution in [1.82, 2.24) is 4.57 Å². The topological polar surface area (TPSA) is 8.17 Å². The SMILES string of the molecule is c1ccc2c(c1)-c1ccccc1C21c2ccccc2-c2ccc(N(c3ccc(-c4ccc(-n5c6ccccc6c6ccccc65)cc4)cc3)c3cc4ccccc4c4ccccc34)cc21. The fourth-order valence-corrected chi connectivity index (χ4v) is 11.7. The van der Waals surface area contributed by atoms with Gasteiger partial charge in [0.2, 0.25) is 0 Å². The Morgan fingerprint density at radius 1 is 0.308 bits per heavy atom. The Morgan fingerprint density at radius 3 is 1.35 bits per heavy atom. The lowest BCUT2D eigenvalue weighted by Crippen LogP contribution is -2.26. The van der Waals surface area contributed by atoms with E-state index >= 15 is 0 Å². The van der Waals surface area contributed by atoms with Gasteiger partial charge in [0.15, 0.2) is 0 Å². The Hall–Kier alpha value is -8.46. The number of hydrogen-bond acceptors (Lipinski definition) is 1. The Morgan fingerprint density at radius 2 is 0.754 bits per heavy atom. The second-order valence-corrected chi connectivity index (χ2v) is 17.6. The number of fused-ring (bicyclic) bond motifs is 16. The van der Waals surface area contributed by atoms with Gasteiger partial charge in [0.25, 0.3) is 0 Å². The highest BCUT2D eigenvalue weighted by Gasteiger charge is 2.51. The van der Waals surface area contributed by atoms with Gasteiger partial charge in [-0.15, -0.1) is 0 Å². The standard InChI is InChI=1S/C63H40N2/c1-2-16-47-43(15-1)39-62(53-21-4-3-17-48(47)53)64(44-33-29-41(30-34-44)42-31-35-45(36-32-42)65-60-27-13-8-22-54(60)55-23-9-14-28-61(55)65)46-37-38-52-51-20-7-12-26-58(51)63(59(52)40-46)56-24-10-5-18-49(56)50-19-6-11-25-57(50)63/h1-40H. The lowest BCUT2D eigenvalue weighted by molar-refractivity contribution is 0.793. The van der Waals surface area contributed by atoms with E-state index < -0.39 is 5.41 Å². The second kappa shape index (κ2) is 13.8. The molecule has 0 unspecified atom stereocenters. The molecule has 1 spiro atoms. The molecule has 2 aliphatic rings. The molecule has 12 aromatic rings. The highest BCUT2D eigenvalue weighted by Crippen LogP contribution is 2.63. The largest absolute Gasteiger partial charge is 0.310 e. The number of rotatable bonds is 5. The minimum absolute atomic E-state index is 0.443. The van der Waals surface area contributed by atoms with Crippen molar-refractivity contribution < 1.29 is 0 Å². The molecule has 14 rings (SSSR count). The molecule has 11 aromatic carbocycles. The van der Waals surface area contributed by atoms with Gasteiger partial charge in [-0.1, -0.05) is 188 Å². The molecule has 2 nitrogen and oxygen atoms in total. The summed E-state index contributed by atoms with van der Waals surface area (Å²) in [5, 5.41) is 7.48. The van der Waals surface area contributed by atoms with E-state index in [0.717, 1.165) is 22.7 Å². The Bertz CT molecular complexity index is 3770. The first-order valence-electron chi connectivity index (χ1n) is 22.6. The number of nitrogens with zero attached hydrogens (tertiary/aromatic N) is 2. The number of aromatic nitrogens is 1. The molecule has 65 heavy (non-hydrogen) atoms. The average molecular weight is 825 g/mol. The summed E-state index contributed by atoms with van der Waals surface area (Å²) in [5.41, 5.74) is 19.5. The van der Waals surface area contributed by atoms with Crippen molar-refractivity contribution in [2.24, 2.45) is 0 Å². The molecule has 1 aromatic heterocycles. The maximum atomic E-state index is 2.50. The molecule has 1 heterocycles. The van der Waals surface area contributed by atoms with Crippen molar-refractivity contribution >= 4 is 60.4 Å². The molecule has 0 fully saturated rings. The molecule has 0 saturated carbocycles. The molecule has 2 aliphatic carbocycles. The third-order valence-electron chi connectivity index (χ3n) is 14.4. The highest BCUT2D eigenvalue weighted by molar-refractivity contribution is 6.15. The van der Waals surface area contributed by atoms with E-state index in [1.807, 2.05) is 0 Å². The van der Waals surface area contributed by atoms with Crippen molar-refractivity contribution in [3.8, 4) is 39.1 Å². The average Bonchev–Trinajstić information content (AvgIpc) is 3.99. The van der Waals surface area contributed by atoms with Crippen molar-refractivity contribution in [3.63, 3.8) is 0 Å². The van der Waals surface area contributed by atoms with E-state index in [2.05, 4.69) is 252 Å². The zero-order chi connectivity index (χ0) is 42.6. The molecule has 2 heteroatoms. The lowest BCUT2D eigenvalue weighted by Gasteiger charge is -2.32. The maximum absolute atomic E-state index is 2.50. The van der Waals surface area contributed by atoms with Gasteiger partial charge in [-0.05, 0) is 126 Å².